The van der Waals surface area contributed by atoms with E-state index in [9.17, 15) is 14.3 Å². The fourth-order valence-corrected chi connectivity index (χ4v) is 3.90. The number of β-amino-alcohol motifs (C(OH)–C–C–N with tert-alkyl or cyclic N) is 1. The van der Waals surface area contributed by atoms with Gasteiger partial charge in [-0.2, -0.15) is 0 Å². The Morgan fingerprint density at radius 3 is 2.79 bits per heavy atom. The fraction of sp³-hybridized carbons (Fsp3) is 0.667. The number of aryl methyl sites for hydroxylation is 1. The number of likely N-dealkylation sites (tertiary alicyclic amines) is 1. The third-order valence-corrected chi connectivity index (χ3v) is 5.53. The fourth-order valence-electron chi connectivity index (χ4n) is 3.90. The lowest BCUT2D eigenvalue weighted by atomic mass is 10.00. The highest BCUT2D eigenvalue weighted by atomic mass is 19.1. The summed E-state index contributed by atoms with van der Waals surface area (Å²) in [6, 6.07) is 4.81. The molecule has 0 aromatic heterocycles. The average molecular weight is 410 g/mol. The van der Waals surface area contributed by atoms with Gasteiger partial charge in [0.25, 0.3) is 0 Å². The smallest absolute Gasteiger partial charge is 0.409 e. The molecule has 2 heterocycles. The van der Waals surface area contributed by atoms with Crippen LogP contribution in [0, 0.1) is 12.7 Å². The topological polar surface area (TPSA) is 71.5 Å². The second-order valence-corrected chi connectivity index (χ2v) is 7.86. The van der Waals surface area contributed by atoms with Gasteiger partial charge >= 0.3 is 6.09 Å². The Balaban J connectivity index is 1.56. The Morgan fingerprint density at radius 1 is 1.34 bits per heavy atom. The van der Waals surface area contributed by atoms with Crippen LogP contribution in [-0.4, -0.2) is 85.2 Å². The number of ether oxygens (including phenoxy) is 3. The Morgan fingerprint density at radius 2 is 2.10 bits per heavy atom. The number of benzene rings is 1. The molecule has 162 valence electrons. The van der Waals surface area contributed by atoms with Crippen molar-refractivity contribution in [1.82, 2.24) is 9.80 Å². The molecular formula is C21H31FN2O5. The van der Waals surface area contributed by atoms with Crippen LogP contribution in [0.3, 0.4) is 0 Å². The SMILES string of the molecule is CCOC(=O)N1CCC(N2CCOC[C@](O)(COc3ccc(F)c(C)c3)C2)CC1. The molecule has 2 aliphatic rings. The normalized spacial score (nSPS) is 24.2. The van der Waals surface area contributed by atoms with E-state index in [-0.39, 0.29) is 31.2 Å². The van der Waals surface area contributed by atoms with E-state index < -0.39 is 5.60 Å². The molecule has 0 spiro atoms. The van der Waals surface area contributed by atoms with Crippen LogP contribution >= 0.6 is 0 Å². The van der Waals surface area contributed by atoms with Crippen molar-refractivity contribution in [3.8, 4) is 5.75 Å². The number of carbonyl (C=O) groups excluding carboxylic acids is 1. The van der Waals surface area contributed by atoms with Crippen molar-refractivity contribution in [2.24, 2.45) is 0 Å². The van der Waals surface area contributed by atoms with Crippen LogP contribution in [-0.2, 0) is 9.47 Å². The highest BCUT2D eigenvalue weighted by Gasteiger charge is 2.37. The van der Waals surface area contributed by atoms with Gasteiger partial charge in [0.2, 0.25) is 0 Å². The molecule has 2 aliphatic heterocycles. The predicted octanol–water partition coefficient (Wildman–Crippen LogP) is 2.20. The highest BCUT2D eigenvalue weighted by Crippen LogP contribution is 2.23. The predicted molar refractivity (Wildman–Crippen MR) is 106 cm³/mol. The van der Waals surface area contributed by atoms with E-state index in [1.165, 1.54) is 6.07 Å². The molecule has 0 bridgehead atoms. The molecule has 2 fully saturated rings. The standard InChI is InChI=1S/C21H31FN2O5/c1-3-28-20(25)23-8-6-17(7-9-23)24-10-11-27-14-21(26,13-24)15-29-18-4-5-19(22)16(2)12-18/h4-5,12,17,26H,3,6-11,13-15H2,1-2H3/t21-/m0/s1. The molecule has 0 aliphatic carbocycles. The first kappa shape index (κ1) is 21.8. The third kappa shape index (κ3) is 5.81. The van der Waals surface area contributed by atoms with Crippen molar-refractivity contribution in [2.45, 2.75) is 38.3 Å². The Labute approximate surface area is 171 Å². The van der Waals surface area contributed by atoms with Gasteiger partial charge in [-0.15, -0.1) is 0 Å². The number of amides is 1. The molecule has 1 aromatic carbocycles. The van der Waals surface area contributed by atoms with Crippen molar-refractivity contribution < 1.29 is 28.5 Å². The van der Waals surface area contributed by atoms with E-state index in [1.807, 2.05) is 0 Å². The number of carbonyl (C=O) groups is 1. The number of piperidine rings is 1. The first-order valence-corrected chi connectivity index (χ1v) is 10.2. The Kier molecular flexibility index (Phi) is 7.32. The first-order valence-electron chi connectivity index (χ1n) is 10.2. The average Bonchev–Trinajstić information content (AvgIpc) is 2.91. The van der Waals surface area contributed by atoms with Crippen molar-refractivity contribution >= 4 is 6.09 Å². The Bertz CT molecular complexity index is 696. The van der Waals surface area contributed by atoms with E-state index in [1.54, 1.807) is 30.9 Å². The van der Waals surface area contributed by atoms with Crippen LogP contribution in [0.4, 0.5) is 9.18 Å². The van der Waals surface area contributed by atoms with E-state index in [4.69, 9.17) is 14.2 Å². The summed E-state index contributed by atoms with van der Waals surface area (Å²) in [5.74, 6) is 0.241. The molecule has 1 N–H and O–H groups in total. The van der Waals surface area contributed by atoms with Gasteiger partial charge in [-0.1, -0.05) is 0 Å². The number of rotatable bonds is 5. The monoisotopic (exact) mass is 410 g/mol. The molecule has 29 heavy (non-hydrogen) atoms. The van der Waals surface area contributed by atoms with Crippen LogP contribution < -0.4 is 4.74 Å². The minimum Gasteiger partial charge on any atom is -0.490 e. The molecule has 7 nitrogen and oxygen atoms in total. The van der Waals surface area contributed by atoms with E-state index in [0.29, 0.717) is 44.2 Å². The third-order valence-electron chi connectivity index (χ3n) is 5.53. The molecule has 8 heteroatoms. The summed E-state index contributed by atoms with van der Waals surface area (Å²) in [6.07, 6.45) is 1.39. The number of hydrogen-bond acceptors (Lipinski definition) is 6. The van der Waals surface area contributed by atoms with Gasteiger partial charge in [-0.05, 0) is 50.5 Å². The molecular weight excluding hydrogens is 379 g/mol. The zero-order valence-electron chi connectivity index (χ0n) is 17.2. The number of aliphatic hydroxyl groups is 1. The summed E-state index contributed by atoms with van der Waals surface area (Å²) in [5, 5.41) is 11.1. The zero-order chi connectivity index (χ0) is 20.9. The van der Waals surface area contributed by atoms with Crippen molar-refractivity contribution in [3.05, 3.63) is 29.6 Å². The molecule has 0 radical (unpaired) electrons. The molecule has 0 saturated carbocycles. The van der Waals surface area contributed by atoms with E-state index in [0.717, 1.165) is 19.4 Å². The number of halogens is 1. The maximum Gasteiger partial charge on any atom is 0.409 e. The van der Waals surface area contributed by atoms with Crippen molar-refractivity contribution in [2.75, 3.05) is 52.6 Å². The van der Waals surface area contributed by atoms with E-state index in [2.05, 4.69) is 4.90 Å². The van der Waals surface area contributed by atoms with Gasteiger partial charge in [0.1, 0.15) is 23.8 Å². The van der Waals surface area contributed by atoms with Crippen LogP contribution in [0.15, 0.2) is 18.2 Å². The minimum absolute atomic E-state index is 0.0657. The maximum atomic E-state index is 13.4. The van der Waals surface area contributed by atoms with Crippen LogP contribution in [0.1, 0.15) is 25.3 Å². The lowest BCUT2D eigenvalue weighted by molar-refractivity contribution is -0.0688. The molecule has 0 unspecified atom stereocenters. The van der Waals surface area contributed by atoms with Crippen LogP contribution in [0.2, 0.25) is 0 Å². The largest absolute Gasteiger partial charge is 0.490 e. The highest BCUT2D eigenvalue weighted by molar-refractivity contribution is 5.67. The number of hydrogen-bond donors (Lipinski definition) is 1. The second kappa shape index (κ2) is 9.73. The molecule has 1 atom stereocenters. The summed E-state index contributed by atoms with van der Waals surface area (Å²) >= 11 is 0. The van der Waals surface area contributed by atoms with Gasteiger partial charge in [0.15, 0.2) is 0 Å². The zero-order valence-corrected chi connectivity index (χ0v) is 17.2. The van der Waals surface area contributed by atoms with Gasteiger partial charge in [-0.25, -0.2) is 9.18 Å². The van der Waals surface area contributed by atoms with Gasteiger partial charge in [0, 0.05) is 32.2 Å². The van der Waals surface area contributed by atoms with E-state index >= 15 is 0 Å². The lowest BCUT2D eigenvalue weighted by Gasteiger charge is -2.39. The molecule has 1 amide bonds. The summed E-state index contributed by atoms with van der Waals surface area (Å²) < 4.78 is 29.9. The molecule has 2 saturated heterocycles. The molecule has 3 rings (SSSR count). The summed E-state index contributed by atoms with van der Waals surface area (Å²) in [7, 11) is 0. The van der Waals surface area contributed by atoms with Crippen molar-refractivity contribution in [1.29, 1.82) is 0 Å². The lowest BCUT2D eigenvalue weighted by Crippen LogP contribution is -2.54. The quantitative estimate of drug-likeness (QED) is 0.803. The van der Waals surface area contributed by atoms with Crippen LogP contribution in [0.5, 0.6) is 5.75 Å². The molecule has 1 aromatic rings. The van der Waals surface area contributed by atoms with Gasteiger partial charge < -0.3 is 24.2 Å². The summed E-state index contributed by atoms with van der Waals surface area (Å²) in [5.41, 5.74) is -0.654. The Hall–Kier alpha value is -1.90. The summed E-state index contributed by atoms with van der Waals surface area (Å²) in [6.45, 7) is 7.09. The van der Waals surface area contributed by atoms with Gasteiger partial charge in [0.05, 0.1) is 19.8 Å². The van der Waals surface area contributed by atoms with Crippen LogP contribution in [0.25, 0.3) is 0 Å². The summed E-state index contributed by atoms with van der Waals surface area (Å²) in [4.78, 5) is 15.9. The maximum absolute atomic E-state index is 13.4. The number of nitrogens with zero attached hydrogens (tertiary/aromatic N) is 2. The second-order valence-electron chi connectivity index (χ2n) is 7.86. The first-order chi connectivity index (χ1) is 13.9. The van der Waals surface area contributed by atoms with Crippen molar-refractivity contribution in [3.63, 3.8) is 0 Å². The minimum atomic E-state index is -1.16. The van der Waals surface area contributed by atoms with Gasteiger partial charge in [-0.3, -0.25) is 4.90 Å².